The molecule has 1 saturated carbocycles. The van der Waals surface area contributed by atoms with Gasteiger partial charge in [-0.3, -0.25) is 9.89 Å². The third-order valence-corrected chi connectivity index (χ3v) is 5.07. The Morgan fingerprint density at radius 3 is 2.50 bits per heavy atom. The number of nitrogens with zero attached hydrogens (tertiary/aromatic N) is 1. The fourth-order valence-corrected chi connectivity index (χ4v) is 3.12. The molecule has 2 rings (SSSR count). The molecule has 1 aliphatic rings. The maximum absolute atomic E-state index is 12.6. The van der Waals surface area contributed by atoms with Crippen molar-refractivity contribution in [2.45, 2.75) is 65.0 Å². The van der Waals surface area contributed by atoms with E-state index in [2.05, 4.69) is 15.5 Å². The molecule has 134 valence electrons. The van der Waals surface area contributed by atoms with E-state index in [9.17, 15) is 14.7 Å². The number of aromatic nitrogens is 2. The number of ether oxygens (including phenoxy) is 1. The summed E-state index contributed by atoms with van der Waals surface area (Å²) in [6, 6.07) is 1.66. The van der Waals surface area contributed by atoms with E-state index in [1.165, 1.54) is 0 Å². The third-order valence-electron chi connectivity index (χ3n) is 5.07. The van der Waals surface area contributed by atoms with E-state index in [4.69, 9.17) is 4.74 Å². The molecule has 1 aromatic heterocycles. The maximum Gasteiger partial charge on any atom is 0.330 e. The molecule has 1 aromatic rings. The number of hydrogen-bond acceptors (Lipinski definition) is 4. The van der Waals surface area contributed by atoms with Gasteiger partial charge < -0.3 is 15.2 Å². The number of rotatable bonds is 5. The lowest BCUT2D eigenvalue weighted by atomic mass is 9.54. The summed E-state index contributed by atoms with van der Waals surface area (Å²) < 4.78 is 5.60. The molecule has 1 fully saturated rings. The van der Waals surface area contributed by atoms with Crippen molar-refractivity contribution in [3.63, 3.8) is 0 Å². The first-order chi connectivity index (χ1) is 11.0. The number of hydrogen-bond donors (Lipinski definition) is 3. The minimum absolute atomic E-state index is 0.175. The van der Waals surface area contributed by atoms with Crippen LogP contribution >= 0.6 is 0 Å². The van der Waals surface area contributed by atoms with Crippen molar-refractivity contribution in [1.82, 2.24) is 15.5 Å². The Morgan fingerprint density at radius 2 is 2.08 bits per heavy atom. The molecule has 3 N–H and O–H groups in total. The number of carboxylic acids is 1. The second kappa shape index (κ2) is 5.88. The lowest BCUT2D eigenvalue weighted by Gasteiger charge is -2.58. The summed E-state index contributed by atoms with van der Waals surface area (Å²) in [7, 11) is 0. The molecule has 1 heterocycles. The summed E-state index contributed by atoms with van der Waals surface area (Å²) in [5, 5.41) is 19.3. The Bertz CT molecular complexity index is 645. The van der Waals surface area contributed by atoms with Gasteiger partial charge in [0, 0.05) is 29.6 Å². The van der Waals surface area contributed by atoms with Crippen LogP contribution in [0, 0.1) is 5.41 Å². The van der Waals surface area contributed by atoms with Crippen molar-refractivity contribution in [2.75, 3.05) is 6.61 Å². The molecule has 1 amide bonds. The minimum atomic E-state index is -1.36. The molecule has 0 aromatic carbocycles. The highest BCUT2D eigenvalue weighted by Gasteiger charge is 2.66. The average molecular weight is 337 g/mol. The molecular formula is C17H27N3O4. The molecule has 2 unspecified atom stereocenters. The van der Waals surface area contributed by atoms with E-state index >= 15 is 0 Å². The molecule has 7 nitrogen and oxygen atoms in total. The molecule has 7 heteroatoms. The maximum atomic E-state index is 12.6. The molecule has 0 bridgehead atoms. The van der Waals surface area contributed by atoms with Gasteiger partial charge in [-0.25, -0.2) is 4.79 Å². The Morgan fingerprint density at radius 1 is 1.46 bits per heavy atom. The Labute approximate surface area is 142 Å². The zero-order valence-corrected chi connectivity index (χ0v) is 15.2. The van der Waals surface area contributed by atoms with E-state index < -0.39 is 22.8 Å². The summed E-state index contributed by atoms with van der Waals surface area (Å²) in [4.78, 5) is 24.5. The minimum Gasteiger partial charge on any atom is -0.479 e. The normalized spacial score (nSPS) is 25.8. The van der Waals surface area contributed by atoms with E-state index in [1.54, 1.807) is 19.9 Å². The van der Waals surface area contributed by atoms with Crippen molar-refractivity contribution in [3.8, 4) is 0 Å². The highest BCUT2D eigenvalue weighted by Crippen LogP contribution is 2.51. The van der Waals surface area contributed by atoms with E-state index in [1.807, 2.05) is 27.7 Å². The van der Waals surface area contributed by atoms with Crippen molar-refractivity contribution in [1.29, 1.82) is 0 Å². The summed E-state index contributed by atoms with van der Waals surface area (Å²) in [5.74, 6) is -1.55. The van der Waals surface area contributed by atoms with Crippen LogP contribution < -0.4 is 5.32 Å². The predicted molar refractivity (Wildman–Crippen MR) is 88.9 cm³/mol. The molecule has 24 heavy (non-hydrogen) atoms. The van der Waals surface area contributed by atoms with Crippen LogP contribution in [0.5, 0.6) is 0 Å². The molecule has 2 atom stereocenters. The highest BCUT2D eigenvalue weighted by atomic mass is 16.5. The Balaban J connectivity index is 2.22. The fourth-order valence-electron chi connectivity index (χ4n) is 3.12. The first-order valence-corrected chi connectivity index (χ1v) is 8.19. The smallest absolute Gasteiger partial charge is 0.330 e. The fraction of sp³-hybridized carbons (Fsp3) is 0.706. The number of nitrogens with one attached hydrogen (secondary N) is 2. The van der Waals surface area contributed by atoms with Crippen LogP contribution in [0.2, 0.25) is 0 Å². The van der Waals surface area contributed by atoms with Crippen molar-refractivity contribution >= 4 is 11.9 Å². The zero-order chi connectivity index (χ0) is 18.3. The van der Waals surface area contributed by atoms with Crippen molar-refractivity contribution < 1.29 is 19.4 Å². The monoisotopic (exact) mass is 337 g/mol. The van der Waals surface area contributed by atoms with Gasteiger partial charge in [-0.05, 0) is 13.0 Å². The summed E-state index contributed by atoms with van der Waals surface area (Å²) in [6.07, 6.45) is 0.0362. The van der Waals surface area contributed by atoms with Crippen molar-refractivity contribution in [3.05, 3.63) is 17.5 Å². The van der Waals surface area contributed by atoms with Gasteiger partial charge in [0.15, 0.2) is 0 Å². The quantitative estimate of drug-likeness (QED) is 0.763. The molecule has 0 aliphatic heterocycles. The Kier molecular flexibility index (Phi) is 4.52. The zero-order valence-electron chi connectivity index (χ0n) is 15.2. The summed E-state index contributed by atoms with van der Waals surface area (Å²) in [6.45, 7) is 12.0. The first kappa shape index (κ1) is 18.4. The van der Waals surface area contributed by atoms with E-state index in [-0.39, 0.29) is 23.6 Å². The van der Waals surface area contributed by atoms with Crippen molar-refractivity contribution in [2.24, 2.45) is 5.41 Å². The van der Waals surface area contributed by atoms with Gasteiger partial charge in [-0.1, -0.05) is 34.6 Å². The van der Waals surface area contributed by atoms with Crippen LogP contribution in [0.15, 0.2) is 6.07 Å². The number of carbonyl (C=O) groups excluding carboxylic acids is 1. The second-order valence-electron chi connectivity index (χ2n) is 7.95. The van der Waals surface area contributed by atoms with Gasteiger partial charge in [0.05, 0.1) is 6.10 Å². The third kappa shape index (κ3) is 2.81. The number of carbonyl (C=O) groups is 2. The first-order valence-electron chi connectivity index (χ1n) is 8.19. The Hall–Kier alpha value is -1.89. The molecule has 0 spiro atoms. The number of carboxylic acid groups (broad SMARTS) is 1. The number of aliphatic carboxylic acids is 1. The number of aromatic amines is 1. The van der Waals surface area contributed by atoms with Gasteiger partial charge in [0.2, 0.25) is 0 Å². The SMILES string of the molecule is CCOC1CC(NC(=O)c2cc(C(C)(C)C)[nH]n2)(C(=O)O)C1(C)C. The summed E-state index contributed by atoms with van der Waals surface area (Å²) >= 11 is 0. The number of amides is 1. The largest absolute Gasteiger partial charge is 0.479 e. The molecule has 0 radical (unpaired) electrons. The predicted octanol–water partition coefficient (Wildman–Crippen LogP) is 2.10. The van der Waals surface area contributed by atoms with Gasteiger partial charge in [0.1, 0.15) is 11.2 Å². The van der Waals surface area contributed by atoms with Gasteiger partial charge >= 0.3 is 5.97 Å². The molecule has 1 aliphatic carbocycles. The molecule has 0 saturated heterocycles. The van der Waals surface area contributed by atoms with Gasteiger partial charge in [-0.15, -0.1) is 0 Å². The van der Waals surface area contributed by atoms with Crippen LogP contribution in [-0.2, 0) is 14.9 Å². The average Bonchev–Trinajstić information content (AvgIpc) is 2.95. The number of H-pyrrole nitrogens is 1. The second-order valence-corrected chi connectivity index (χ2v) is 7.95. The van der Waals surface area contributed by atoms with Crippen LogP contribution in [0.25, 0.3) is 0 Å². The highest BCUT2D eigenvalue weighted by molar-refractivity contribution is 5.97. The lowest BCUT2D eigenvalue weighted by molar-refractivity contribution is -0.190. The van der Waals surface area contributed by atoms with Gasteiger partial charge in [0.25, 0.3) is 5.91 Å². The van der Waals surface area contributed by atoms with Crippen LogP contribution in [0.1, 0.15) is 64.1 Å². The van der Waals surface area contributed by atoms with Crippen LogP contribution in [0.4, 0.5) is 0 Å². The molecular weight excluding hydrogens is 310 g/mol. The standard InChI is InChI=1S/C17H27N3O4/c1-7-24-12-9-17(14(22)23,16(12,5)6)18-13(21)10-8-11(20-19-10)15(2,3)4/h8,12H,7,9H2,1-6H3,(H,18,21)(H,19,20)(H,22,23). The van der Waals surface area contributed by atoms with E-state index in [0.29, 0.717) is 6.61 Å². The van der Waals surface area contributed by atoms with Crippen LogP contribution in [-0.4, -0.2) is 45.4 Å². The summed E-state index contributed by atoms with van der Waals surface area (Å²) in [5.41, 5.74) is -1.24. The lowest BCUT2D eigenvalue weighted by Crippen LogP contribution is -2.76. The van der Waals surface area contributed by atoms with E-state index in [0.717, 1.165) is 5.69 Å². The van der Waals surface area contributed by atoms with Crippen LogP contribution in [0.3, 0.4) is 0 Å². The topological polar surface area (TPSA) is 104 Å². The van der Waals surface area contributed by atoms with Gasteiger partial charge in [-0.2, -0.15) is 5.10 Å².